The molecule has 0 aliphatic rings. The van der Waals surface area contributed by atoms with Crippen molar-refractivity contribution in [1.29, 1.82) is 0 Å². The van der Waals surface area contributed by atoms with Crippen molar-refractivity contribution in [3.05, 3.63) is 35.4 Å². The minimum absolute atomic E-state index is 0.00204. The van der Waals surface area contributed by atoms with E-state index in [1.54, 1.807) is 0 Å². The van der Waals surface area contributed by atoms with Gasteiger partial charge in [-0.2, -0.15) is 0 Å². The third-order valence-electron chi connectivity index (χ3n) is 1.94. The molecule has 0 radical (unpaired) electrons. The van der Waals surface area contributed by atoms with E-state index in [2.05, 4.69) is 4.98 Å². The molecule has 0 spiro atoms. The molecule has 0 fully saturated rings. The Kier molecular flexibility index (Phi) is 0.664. The lowest BCUT2D eigenvalue weighted by Crippen LogP contribution is -1.70. The zero-order valence-corrected chi connectivity index (χ0v) is 6.50. The summed E-state index contributed by atoms with van der Waals surface area (Å²) in [6.45, 7) is 3.72. The van der Waals surface area contributed by atoms with Crippen LogP contribution in [0.3, 0.4) is 0 Å². The van der Waals surface area contributed by atoms with Gasteiger partial charge in [0.05, 0.1) is 5.48 Å². The summed E-state index contributed by atoms with van der Waals surface area (Å²) in [6, 6.07) is -0.321. The molecule has 1 aromatic heterocycles. The van der Waals surface area contributed by atoms with Gasteiger partial charge in [0, 0.05) is 16.6 Å². The number of fused-ring (bicyclic) bond motifs is 1. The molecule has 1 heteroatoms. The van der Waals surface area contributed by atoms with Crippen LogP contribution in [0.15, 0.2) is 24.2 Å². The lowest BCUT2D eigenvalue weighted by Gasteiger charge is -1.87. The molecular weight excluding hydrogens is 134 g/mol. The van der Waals surface area contributed by atoms with Crippen molar-refractivity contribution >= 4 is 10.9 Å². The maximum atomic E-state index is 7.77. The molecule has 0 aliphatic carbocycles. The molecule has 1 nitrogen and oxygen atoms in total. The van der Waals surface area contributed by atoms with Crippen LogP contribution in [0, 0.1) is 13.8 Å². The van der Waals surface area contributed by atoms with Gasteiger partial charge in [-0.3, -0.25) is 0 Å². The molecule has 0 unspecified atom stereocenters. The first kappa shape index (κ1) is 3.44. The van der Waals surface area contributed by atoms with Crippen LogP contribution in [0.1, 0.15) is 16.7 Å². The fraction of sp³-hybridized carbons (Fsp3) is 0.200. The topological polar surface area (TPSA) is 15.8 Å². The Balaban J connectivity index is 3.07. The SMILES string of the molecule is [2H]c1c([2H])c([2H])c2c(C)c(C)[nH]c2c1[2H]. The van der Waals surface area contributed by atoms with Crippen molar-refractivity contribution < 1.29 is 5.48 Å². The Bertz CT molecular complexity index is 557. The second-order valence-electron chi connectivity index (χ2n) is 2.62. The highest BCUT2D eigenvalue weighted by Gasteiger charge is 2.00. The molecular formula is C10H11N. The van der Waals surface area contributed by atoms with Gasteiger partial charge in [0.2, 0.25) is 0 Å². The Morgan fingerprint density at radius 3 is 2.82 bits per heavy atom. The molecule has 1 N–H and O–H groups in total. The van der Waals surface area contributed by atoms with E-state index in [1.165, 1.54) is 0 Å². The van der Waals surface area contributed by atoms with Gasteiger partial charge in [0.1, 0.15) is 0 Å². The lowest BCUT2D eigenvalue weighted by atomic mass is 10.2. The van der Waals surface area contributed by atoms with Gasteiger partial charge in [-0.1, -0.05) is 18.1 Å². The number of hydrogen-bond donors (Lipinski definition) is 1. The highest BCUT2D eigenvalue weighted by atomic mass is 14.7. The molecule has 0 saturated heterocycles. The number of hydrogen-bond acceptors (Lipinski definition) is 0. The highest BCUT2D eigenvalue weighted by Crippen LogP contribution is 2.19. The van der Waals surface area contributed by atoms with E-state index in [0.717, 1.165) is 11.3 Å². The average Bonchev–Trinajstić information content (AvgIpc) is 2.50. The van der Waals surface area contributed by atoms with Gasteiger partial charge < -0.3 is 4.98 Å². The van der Waals surface area contributed by atoms with E-state index >= 15 is 0 Å². The van der Waals surface area contributed by atoms with Crippen LogP contribution in [0.4, 0.5) is 0 Å². The summed E-state index contributed by atoms with van der Waals surface area (Å²) in [5, 5.41) is 0.596. The highest BCUT2D eigenvalue weighted by molar-refractivity contribution is 5.84. The summed E-state index contributed by atoms with van der Waals surface area (Å²) in [5.74, 6) is 0. The van der Waals surface area contributed by atoms with Gasteiger partial charge >= 0.3 is 0 Å². The zero-order chi connectivity index (χ0) is 11.3. The molecule has 56 valence electrons. The fourth-order valence-electron chi connectivity index (χ4n) is 1.16. The molecule has 0 aliphatic heterocycles. The summed E-state index contributed by atoms with van der Waals surface area (Å²) in [7, 11) is 0. The third-order valence-corrected chi connectivity index (χ3v) is 1.94. The average molecular weight is 149 g/mol. The van der Waals surface area contributed by atoms with Crippen molar-refractivity contribution in [1.82, 2.24) is 4.98 Å². The van der Waals surface area contributed by atoms with Gasteiger partial charge in [-0.25, -0.2) is 0 Å². The van der Waals surface area contributed by atoms with Crippen LogP contribution >= 0.6 is 0 Å². The number of aromatic amines is 1. The first-order valence-electron chi connectivity index (χ1n) is 5.50. The summed E-state index contributed by atoms with van der Waals surface area (Å²) >= 11 is 0. The van der Waals surface area contributed by atoms with Gasteiger partial charge in [0.15, 0.2) is 0 Å². The van der Waals surface area contributed by atoms with Crippen LogP contribution in [0.25, 0.3) is 10.9 Å². The fourth-order valence-corrected chi connectivity index (χ4v) is 1.16. The number of aryl methyl sites for hydroxylation is 2. The molecule has 0 atom stereocenters. The quantitative estimate of drug-likeness (QED) is 0.593. The molecule has 1 aromatic carbocycles. The normalized spacial score (nSPS) is 15.8. The lowest BCUT2D eigenvalue weighted by molar-refractivity contribution is 1.25. The molecule has 0 amide bonds. The Labute approximate surface area is 71.7 Å². The Morgan fingerprint density at radius 2 is 2.00 bits per heavy atom. The molecule has 1 heterocycles. The summed E-state index contributed by atoms with van der Waals surface area (Å²) in [6.07, 6.45) is 0. The molecule has 0 saturated carbocycles. The van der Waals surface area contributed by atoms with Crippen LogP contribution in [-0.2, 0) is 0 Å². The van der Waals surface area contributed by atoms with Crippen LogP contribution in [-0.4, -0.2) is 4.98 Å². The van der Waals surface area contributed by atoms with E-state index in [4.69, 9.17) is 5.48 Å². The van der Waals surface area contributed by atoms with Gasteiger partial charge in [0.25, 0.3) is 0 Å². The van der Waals surface area contributed by atoms with Crippen molar-refractivity contribution in [2.45, 2.75) is 13.8 Å². The van der Waals surface area contributed by atoms with E-state index < -0.39 is 0 Å². The number of para-hydroxylation sites is 1. The van der Waals surface area contributed by atoms with E-state index in [9.17, 15) is 0 Å². The van der Waals surface area contributed by atoms with E-state index in [-0.39, 0.29) is 24.2 Å². The van der Waals surface area contributed by atoms with Gasteiger partial charge in [-0.05, 0) is 25.5 Å². The monoisotopic (exact) mass is 149 g/mol. The van der Waals surface area contributed by atoms with E-state index in [1.807, 2.05) is 13.8 Å². The van der Waals surface area contributed by atoms with Gasteiger partial charge in [-0.15, -0.1) is 0 Å². The van der Waals surface area contributed by atoms with Crippen molar-refractivity contribution in [2.75, 3.05) is 0 Å². The maximum absolute atomic E-state index is 7.77. The summed E-state index contributed by atoms with van der Waals surface area (Å²) in [5.41, 5.74) is 2.27. The third kappa shape index (κ3) is 0.845. The molecule has 11 heavy (non-hydrogen) atoms. The first-order valence-corrected chi connectivity index (χ1v) is 3.50. The minimum Gasteiger partial charge on any atom is -0.358 e. The number of H-pyrrole nitrogens is 1. The van der Waals surface area contributed by atoms with Crippen molar-refractivity contribution in [2.24, 2.45) is 0 Å². The maximum Gasteiger partial charge on any atom is 0.0645 e. The second kappa shape index (κ2) is 2.12. The predicted molar refractivity (Wildman–Crippen MR) is 47.8 cm³/mol. The Hall–Kier alpha value is -1.24. The minimum atomic E-state index is -0.186. The first-order chi connectivity index (χ1) is 6.95. The molecule has 2 aromatic rings. The van der Waals surface area contributed by atoms with Crippen molar-refractivity contribution in [3.8, 4) is 0 Å². The standard InChI is InChI=1S/C10H11N/c1-7-8(2)11-10-6-4-3-5-9(7)10/h3-6,11H,1-2H3/i3D,4D,5D,6D. The second-order valence-corrected chi connectivity index (χ2v) is 2.62. The molecule has 0 bridgehead atoms. The van der Waals surface area contributed by atoms with Crippen LogP contribution in [0.2, 0.25) is 0 Å². The van der Waals surface area contributed by atoms with Crippen LogP contribution in [0.5, 0.6) is 0 Å². The van der Waals surface area contributed by atoms with E-state index in [0.29, 0.717) is 10.9 Å². The van der Waals surface area contributed by atoms with Crippen molar-refractivity contribution in [3.63, 3.8) is 0 Å². The summed E-state index contributed by atoms with van der Waals surface area (Å²) in [4.78, 5) is 2.99. The molecule has 2 rings (SSSR count). The van der Waals surface area contributed by atoms with Crippen LogP contribution < -0.4 is 0 Å². The largest absolute Gasteiger partial charge is 0.358 e. The number of rotatable bonds is 0. The predicted octanol–water partition coefficient (Wildman–Crippen LogP) is 2.78. The number of aromatic nitrogens is 1. The smallest absolute Gasteiger partial charge is 0.0645 e. The summed E-state index contributed by atoms with van der Waals surface area (Å²) < 4.78 is 30.6. The zero-order valence-electron chi connectivity index (χ0n) is 10.5. The number of nitrogens with one attached hydrogen (secondary N) is 1. The Morgan fingerprint density at radius 1 is 1.27 bits per heavy atom. The number of benzene rings is 1.